The van der Waals surface area contributed by atoms with Crippen LogP contribution in [0.2, 0.25) is 0 Å². The molecule has 2 aromatic carbocycles. The molecule has 1 atom stereocenters. The summed E-state index contributed by atoms with van der Waals surface area (Å²) in [4.78, 5) is 33.4. The Morgan fingerprint density at radius 2 is 1.53 bits per heavy atom. The molecular weight excluding hydrogens is 422 g/mol. The Kier molecular flexibility index (Phi) is 6.82. The number of allylic oxidation sites excluding steroid dienone is 2. The highest BCUT2D eigenvalue weighted by molar-refractivity contribution is 6.07. The van der Waals surface area contributed by atoms with E-state index in [0.29, 0.717) is 19.0 Å². The maximum Gasteiger partial charge on any atom is 0.328 e. The van der Waals surface area contributed by atoms with Crippen LogP contribution in [0, 0.1) is 5.92 Å². The molecule has 2 fully saturated rings. The van der Waals surface area contributed by atoms with Crippen molar-refractivity contribution in [1.82, 2.24) is 14.7 Å². The Hall–Kier alpha value is -2.92. The number of benzene rings is 2. The second-order valence-corrected chi connectivity index (χ2v) is 10.0. The van der Waals surface area contributed by atoms with Gasteiger partial charge in [0.2, 0.25) is 0 Å². The number of rotatable bonds is 7. The number of nitrogens with zero attached hydrogens (tertiary/aromatic N) is 3. The molecule has 2 heterocycles. The number of urea groups is 1. The Bertz CT molecular complexity index is 1010. The van der Waals surface area contributed by atoms with E-state index in [4.69, 9.17) is 0 Å². The monoisotopic (exact) mass is 457 g/mol. The van der Waals surface area contributed by atoms with Gasteiger partial charge in [0.05, 0.1) is 6.54 Å². The Labute approximate surface area is 203 Å². The largest absolute Gasteiger partial charge is 0.328 e. The molecule has 3 aliphatic rings. The molecule has 5 nitrogen and oxygen atoms in total. The summed E-state index contributed by atoms with van der Waals surface area (Å²) < 4.78 is 0. The first kappa shape index (κ1) is 22.9. The maximum atomic E-state index is 13.9. The van der Waals surface area contributed by atoms with Gasteiger partial charge in [-0.2, -0.15) is 0 Å². The average Bonchev–Trinajstić information content (AvgIpc) is 3.07. The zero-order valence-electron chi connectivity index (χ0n) is 19.9. The number of hydrogen-bond acceptors (Lipinski definition) is 3. The van der Waals surface area contributed by atoms with Crippen LogP contribution in [0.25, 0.3) is 0 Å². The van der Waals surface area contributed by atoms with Crippen LogP contribution in [0.5, 0.6) is 0 Å². The number of imide groups is 1. The molecule has 5 rings (SSSR count). The van der Waals surface area contributed by atoms with Crippen LogP contribution in [-0.2, 0) is 17.8 Å². The van der Waals surface area contributed by atoms with Crippen LogP contribution in [-0.4, -0.2) is 58.4 Å². The highest BCUT2D eigenvalue weighted by Gasteiger charge is 2.57. The molecule has 1 unspecified atom stereocenters. The van der Waals surface area contributed by atoms with Crippen molar-refractivity contribution in [1.29, 1.82) is 0 Å². The summed E-state index contributed by atoms with van der Waals surface area (Å²) in [5.74, 6) is 0.707. The number of piperidine rings is 1. The van der Waals surface area contributed by atoms with Crippen molar-refractivity contribution in [3.63, 3.8) is 0 Å². The first-order valence-electron chi connectivity index (χ1n) is 12.7. The molecule has 0 aromatic heterocycles. The van der Waals surface area contributed by atoms with Crippen LogP contribution in [0.4, 0.5) is 4.79 Å². The lowest BCUT2D eigenvalue weighted by molar-refractivity contribution is -0.136. The molecule has 34 heavy (non-hydrogen) atoms. The summed E-state index contributed by atoms with van der Waals surface area (Å²) in [6.07, 6.45) is 10.4. The SMILES string of the molecule is O=C1N(Cc2ccccc2)C(=O)C2(CCN(CC3CC=CCC3)CC2)N1CCc1ccccc1. The van der Waals surface area contributed by atoms with Gasteiger partial charge >= 0.3 is 6.03 Å². The van der Waals surface area contributed by atoms with E-state index < -0.39 is 5.54 Å². The minimum Gasteiger partial charge on any atom is -0.309 e. The zero-order valence-corrected chi connectivity index (χ0v) is 19.9. The van der Waals surface area contributed by atoms with E-state index >= 15 is 0 Å². The van der Waals surface area contributed by atoms with Crippen molar-refractivity contribution in [3.8, 4) is 0 Å². The van der Waals surface area contributed by atoms with Gasteiger partial charge in [0, 0.05) is 26.2 Å². The van der Waals surface area contributed by atoms with Gasteiger partial charge in [0.15, 0.2) is 0 Å². The summed E-state index contributed by atoms with van der Waals surface area (Å²) in [5, 5.41) is 0. The van der Waals surface area contributed by atoms with E-state index in [1.807, 2.05) is 53.4 Å². The third kappa shape index (κ3) is 4.67. The predicted octanol–water partition coefficient (Wildman–Crippen LogP) is 4.88. The van der Waals surface area contributed by atoms with Crippen LogP contribution < -0.4 is 0 Å². The van der Waals surface area contributed by atoms with Gasteiger partial charge in [-0.15, -0.1) is 0 Å². The van der Waals surface area contributed by atoms with Crippen molar-refractivity contribution in [3.05, 3.63) is 83.9 Å². The van der Waals surface area contributed by atoms with Crippen LogP contribution in [0.1, 0.15) is 43.2 Å². The summed E-state index contributed by atoms with van der Waals surface area (Å²) in [5.41, 5.74) is 1.48. The van der Waals surface area contributed by atoms with Crippen molar-refractivity contribution in [2.24, 2.45) is 5.92 Å². The second-order valence-electron chi connectivity index (χ2n) is 10.0. The fourth-order valence-corrected chi connectivity index (χ4v) is 5.86. The molecule has 0 saturated carbocycles. The van der Waals surface area contributed by atoms with E-state index in [1.165, 1.54) is 23.3 Å². The molecule has 2 saturated heterocycles. The zero-order chi connectivity index (χ0) is 23.4. The minimum absolute atomic E-state index is 0.00494. The molecule has 2 aliphatic heterocycles. The molecule has 1 aliphatic carbocycles. The molecular formula is C29H35N3O2. The summed E-state index contributed by atoms with van der Waals surface area (Å²) in [6.45, 7) is 3.77. The molecule has 5 heteroatoms. The normalized spacial score (nSPS) is 22.6. The number of carbonyl (C=O) groups is 2. The first-order chi connectivity index (χ1) is 16.7. The molecule has 178 valence electrons. The lowest BCUT2D eigenvalue weighted by atomic mass is 9.84. The first-order valence-corrected chi connectivity index (χ1v) is 12.7. The number of amides is 3. The lowest BCUT2D eigenvalue weighted by Gasteiger charge is -2.43. The Balaban J connectivity index is 1.33. The van der Waals surface area contributed by atoms with E-state index in [2.05, 4.69) is 29.2 Å². The molecule has 1 spiro atoms. The number of likely N-dealkylation sites (tertiary alicyclic amines) is 1. The third-order valence-corrected chi connectivity index (χ3v) is 7.85. The van der Waals surface area contributed by atoms with Gasteiger partial charge < -0.3 is 9.80 Å². The Morgan fingerprint density at radius 1 is 0.853 bits per heavy atom. The van der Waals surface area contributed by atoms with Crippen molar-refractivity contribution in [2.45, 2.75) is 50.6 Å². The smallest absolute Gasteiger partial charge is 0.309 e. The fraction of sp³-hybridized carbons (Fsp3) is 0.448. The van der Waals surface area contributed by atoms with Crippen molar-refractivity contribution < 1.29 is 9.59 Å². The molecule has 0 N–H and O–H groups in total. The summed E-state index contributed by atoms with van der Waals surface area (Å²) in [7, 11) is 0. The predicted molar refractivity (Wildman–Crippen MR) is 134 cm³/mol. The highest BCUT2D eigenvalue weighted by Crippen LogP contribution is 2.38. The van der Waals surface area contributed by atoms with E-state index in [0.717, 1.165) is 50.9 Å². The van der Waals surface area contributed by atoms with Crippen molar-refractivity contribution in [2.75, 3.05) is 26.2 Å². The number of carbonyl (C=O) groups excluding carboxylic acids is 2. The van der Waals surface area contributed by atoms with E-state index in [1.54, 1.807) is 0 Å². The molecule has 0 bridgehead atoms. The van der Waals surface area contributed by atoms with Crippen LogP contribution in [0.3, 0.4) is 0 Å². The van der Waals surface area contributed by atoms with Gasteiger partial charge in [-0.1, -0.05) is 72.8 Å². The maximum absolute atomic E-state index is 13.9. The topological polar surface area (TPSA) is 43.9 Å². The lowest BCUT2D eigenvalue weighted by Crippen LogP contribution is -2.57. The van der Waals surface area contributed by atoms with Gasteiger partial charge in [-0.3, -0.25) is 9.69 Å². The minimum atomic E-state index is -0.705. The standard InChI is InChI=1S/C29H35N3O2/c33-27-29(17-20-30(21-18-29)22-25-12-6-2-7-13-25)32(19-16-24-10-4-1-5-11-24)28(34)31(27)23-26-14-8-3-9-15-26/h1-6,8-11,14-15,25H,7,12-13,16-23H2. The van der Waals surface area contributed by atoms with Gasteiger partial charge in [0.1, 0.15) is 5.54 Å². The van der Waals surface area contributed by atoms with Gasteiger partial charge in [-0.05, 0) is 55.6 Å². The summed E-state index contributed by atoms with van der Waals surface area (Å²) in [6, 6.07) is 20.0. The van der Waals surface area contributed by atoms with Crippen molar-refractivity contribution >= 4 is 11.9 Å². The number of hydrogen-bond donors (Lipinski definition) is 0. The Morgan fingerprint density at radius 3 is 2.18 bits per heavy atom. The fourth-order valence-electron chi connectivity index (χ4n) is 5.86. The summed E-state index contributed by atoms with van der Waals surface area (Å²) >= 11 is 0. The average molecular weight is 458 g/mol. The molecule has 2 aromatic rings. The molecule has 0 radical (unpaired) electrons. The van der Waals surface area contributed by atoms with Gasteiger partial charge in [0.25, 0.3) is 5.91 Å². The third-order valence-electron chi connectivity index (χ3n) is 7.85. The second kappa shape index (κ2) is 10.1. The van der Waals surface area contributed by atoms with Crippen LogP contribution >= 0.6 is 0 Å². The van der Waals surface area contributed by atoms with E-state index in [-0.39, 0.29) is 11.9 Å². The van der Waals surface area contributed by atoms with E-state index in [9.17, 15) is 9.59 Å². The van der Waals surface area contributed by atoms with Crippen LogP contribution in [0.15, 0.2) is 72.8 Å². The quantitative estimate of drug-likeness (QED) is 0.439. The highest BCUT2D eigenvalue weighted by atomic mass is 16.2. The van der Waals surface area contributed by atoms with Gasteiger partial charge in [-0.25, -0.2) is 4.79 Å². The molecule has 3 amide bonds.